The van der Waals surface area contributed by atoms with Gasteiger partial charge in [0.15, 0.2) is 9.84 Å². The highest BCUT2D eigenvalue weighted by Gasteiger charge is 2.37. The molecule has 1 aliphatic heterocycles. The highest BCUT2D eigenvalue weighted by atomic mass is 32.2. The van der Waals surface area contributed by atoms with E-state index in [0.29, 0.717) is 22.4 Å². The van der Waals surface area contributed by atoms with Crippen LogP contribution in [0, 0.1) is 6.92 Å². The van der Waals surface area contributed by atoms with Crippen LogP contribution in [0.2, 0.25) is 0 Å². The second kappa shape index (κ2) is 4.34. The molecule has 0 spiro atoms. The average molecular weight is 282 g/mol. The van der Waals surface area contributed by atoms with Gasteiger partial charge in [0.05, 0.1) is 23.3 Å². The largest absolute Gasteiger partial charge is 0.465 e. The van der Waals surface area contributed by atoms with Gasteiger partial charge in [-0.15, -0.1) is 0 Å². The number of carbonyl (C=O) groups is 1. The lowest BCUT2D eigenvalue weighted by Crippen LogP contribution is -2.31. The molecule has 0 radical (unpaired) electrons. The van der Waals surface area contributed by atoms with Crippen LogP contribution in [0.15, 0.2) is 17.0 Å². The molecule has 0 bridgehead atoms. The first-order valence-corrected chi connectivity index (χ1v) is 7.81. The summed E-state index contributed by atoms with van der Waals surface area (Å²) >= 11 is 0. The molecule has 0 saturated carbocycles. The van der Waals surface area contributed by atoms with Gasteiger partial charge < -0.3 is 4.74 Å². The predicted octanol–water partition coefficient (Wildman–Crippen LogP) is 2.24. The molecule has 1 aliphatic rings. The number of methoxy groups -OCH3 is 1. The Balaban J connectivity index is 2.79. The molecule has 0 amide bonds. The average Bonchev–Trinajstić information content (AvgIpc) is 2.34. The summed E-state index contributed by atoms with van der Waals surface area (Å²) in [5, 5.41) is 0. The van der Waals surface area contributed by atoms with E-state index < -0.39 is 15.8 Å². The van der Waals surface area contributed by atoms with Crippen LogP contribution in [0.4, 0.5) is 0 Å². The number of hydrogen-bond acceptors (Lipinski definition) is 4. The van der Waals surface area contributed by atoms with Gasteiger partial charge in [-0.25, -0.2) is 13.2 Å². The molecule has 0 atom stereocenters. The summed E-state index contributed by atoms with van der Waals surface area (Å²) in [6.45, 7) is 5.72. The van der Waals surface area contributed by atoms with E-state index in [0.717, 1.165) is 5.56 Å². The summed E-state index contributed by atoms with van der Waals surface area (Å²) in [7, 11) is -2.02. The van der Waals surface area contributed by atoms with Gasteiger partial charge >= 0.3 is 5.97 Å². The van der Waals surface area contributed by atoms with Gasteiger partial charge in [-0.3, -0.25) is 0 Å². The quantitative estimate of drug-likeness (QED) is 0.741. The number of hydrogen-bond donors (Lipinski definition) is 0. The first-order chi connectivity index (χ1) is 8.70. The normalized spacial score (nSPS) is 19.6. The number of fused-ring (bicyclic) bond motifs is 1. The molecule has 0 aliphatic carbocycles. The molecule has 1 aromatic carbocycles. The van der Waals surface area contributed by atoms with Crippen LogP contribution in [-0.4, -0.2) is 27.2 Å². The number of rotatable bonds is 1. The Hall–Kier alpha value is -1.36. The molecule has 0 saturated heterocycles. The zero-order valence-electron chi connectivity index (χ0n) is 11.6. The number of esters is 1. The summed E-state index contributed by atoms with van der Waals surface area (Å²) in [5.74, 6) is -0.378. The third kappa shape index (κ3) is 2.16. The van der Waals surface area contributed by atoms with Crippen molar-refractivity contribution >= 4 is 15.8 Å². The van der Waals surface area contributed by atoms with E-state index in [-0.39, 0.29) is 11.2 Å². The number of sulfone groups is 1. The molecule has 2 rings (SSSR count). The Bertz CT molecular complexity index is 642. The lowest BCUT2D eigenvalue weighted by molar-refractivity contribution is 0.0599. The number of ether oxygens (including phenoxy) is 1. The summed E-state index contributed by atoms with van der Waals surface area (Å²) in [6.07, 6.45) is 0.597. The van der Waals surface area contributed by atoms with Crippen molar-refractivity contribution in [2.24, 2.45) is 0 Å². The molecule has 0 aromatic heterocycles. The number of carbonyl (C=O) groups excluding carboxylic acids is 1. The van der Waals surface area contributed by atoms with E-state index in [9.17, 15) is 13.2 Å². The summed E-state index contributed by atoms with van der Waals surface area (Å²) in [5.41, 5.74) is 1.42. The van der Waals surface area contributed by atoms with Crippen LogP contribution in [0.1, 0.15) is 41.8 Å². The Morgan fingerprint density at radius 3 is 2.53 bits per heavy atom. The molecule has 0 N–H and O–H groups in total. The Labute approximate surface area is 113 Å². The topological polar surface area (TPSA) is 60.4 Å². The maximum atomic E-state index is 12.3. The fraction of sp³-hybridized carbons (Fsp3) is 0.500. The van der Waals surface area contributed by atoms with Crippen LogP contribution in [0.25, 0.3) is 0 Å². The van der Waals surface area contributed by atoms with Crippen LogP contribution in [-0.2, 0) is 20.0 Å². The van der Waals surface area contributed by atoms with Crippen molar-refractivity contribution in [2.75, 3.05) is 12.9 Å². The fourth-order valence-corrected chi connectivity index (χ4v) is 4.82. The second-order valence-electron chi connectivity index (χ2n) is 5.56. The van der Waals surface area contributed by atoms with Crippen molar-refractivity contribution in [1.29, 1.82) is 0 Å². The Kier molecular flexibility index (Phi) is 3.21. The molecule has 0 unspecified atom stereocenters. The lowest BCUT2D eigenvalue weighted by atomic mass is 9.80. The third-order valence-electron chi connectivity index (χ3n) is 3.85. The van der Waals surface area contributed by atoms with Crippen LogP contribution in [0.3, 0.4) is 0 Å². The lowest BCUT2D eigenvalue weighted by Gasteiger charge is -2.33. The smallest absolute Gasteiger partial charge is 0.338 e. The molecule has 1 heterocycles. The van der Waals surface area contributed by atoms with Gasteiger partial charge in [-0.2, -0.15) is 0 Å². The third-order valence-corrected chi connectivity index (χ3v) is 5.74. The molecule has 1 aromatic rings. The maximum absolute atomic E-state index is 12.3. The Morgan fingerprint density at radius 2 is 1.95 bits per heavy atom. The number of benzene rings is 1. The van der Waals surface area contributed by atoms with Crippen molar-refractivity contribution in [1.82, 2.24) is 0 Å². The van der Waals surface area contributed by atoms with E-state index in [1.165, 1.54) is 7.11 Å². The summed E-state index contributed by atoms with van der Waals surface area (Å²) in [4.78, 5) is 12.0. The van der Waals surface area contributed by atoms with E-state index in [1.807, 2.05) is 13.8 Å². The molecule has 19 heavy (non-hydrogen) atoms. The standard InChI is InChI=1S/C14H18O4S/c1-9-10(13(15)18-4)5-6-11-12(9)19(16,17)8-7-14(11,2)3/h5-6H,7-8H2,1-4H3. The van der Waals surface area contributed by atoms with Crippen molar-refractivity contribution in [3.63, 3.8) is 0 Å². The first-order valence-electron chi connectivity index (χ1n) is 6.16. The highest BCUT2D eigenvalue weighted by Crippen LogP contribution is 2.40. The zero-order valence-corrected chi connectivity index (χ0v) is 12.4. The maximum Gasteiger partial charge on any atom is 0.338 e. The Morgan fingerprint density at radius 1 is 1.32 bits per heavy atom. The summed E-state index contributed by atoms with van der Waals surface area (Å²) in [6, 6.07) is 3.40. The molecule has 4 nitrogen and oxygen atoms in total. The van der Waals surface area contributed by atoms with Gasteiger partial charge in [0, 0.05) is 0 Å². The molecule has 104 valence electrons. The van der Waals surface area contributed by atoms with E-state index in [4.69, 9.17) is 4.74 Å². The second-order valence-corrected chi connectivity index (χ2v) is 7.61. The predicted molar refractivity (Wildman–Crippen MR) is 72.2 cm³/mol. The summed E-state index contributed by atoms with van der Waals surface area (Å²) < 4.78 is 29.3. The van der Waals surface area contributed by atoms with E-state index >= 15 is 0 Å². The fourth-order valence-electron chi connectivity index (χ4n) is 2.58. The molecule has 0 fully saturated rings. The molecular formula is C14H18O4S. The van der Waals surface area contributed by atoms with Crippen molar-refractivity contribution in [3.8, 4) is 0 Å². The minimum absolute atomic E-state index is 0.123. The van der Waals surface area contributed by atoms with Gasteiger partial charge in [-0.05, 0) is 36.0 Å². The monoisotopic (exact) mass is 282 g/mol. The SMILES string of the molecule is COC(=O)c1ccc2c(c1C)S(=O)(=O)CCC2(C)C. The van der Waals surface area contributed by atoms with E-state index in [1.54, 1.807) is 19.1 Å². The van der Waals surface area contributed by atoms with Crippen LogP contribution >= 0.6 is 0 Å². The van der Waals surface area contributed by atoms with Crippen molar-refractivity contribution in [2.45, 2.75) is 37.5 Å². The first kappa shape index (κ1) is 14.1. The molecular weight excluding hydrogens is 264 g/mol. The van der Waals surface area contributed by atoms with Gasteiger partial charge in [-0.1, -0.05) is 19.9 Å². The van der Waals surface area contributed by atoms with Gasteiger partial charge in [0.25, 0.3) is 0 Å². The van der Waals surface area contributed by atoms with E-state index in [2.05, 4.69) is 0 Å². The van der Waals surface area contributed by atoms with Gasteiger partial charge in [0.2, 0.25) is 0 Å². The highest BCUT2D eigenvalue weighted by molar-refractivity contribution is 7.91. The minimum atomic E-state index is -3.32. The van der Waals surface area contributed by atoms with Crippen LogP contribution in [0.5, 0.6) is 0 Å². The van der Waals surface area contributed by atoms with Crippen molar-refractivity contribution in [3.05, 3.63) is 28.8 Å². The van der Waals surface area contributed by atoms with Crippen molar-refractivity contribution < 1.29 is 17.9 Å². The van der Waals surface area contributed by atoms with Gasteiger partial charge in [0.1, 0.15) is 0 Å². The zero-order chi connectivity index (χ0) is 14.4. The molecule has 5 heteroatoms. The van der Waals surface area contributed by atoms with Crippen LogP contribution < -0.4 is 0 Å². The minimum Gasteiger partial charge on any atom is -0.465 e.